The third-order valence-electron chi connectivity index (χ3n) is 1.71. The normalized spacial score (nSPS) is 20.5. The van der Waals surface area contributed by atoms with Crippen LogP contribution in [-0.4, -0.2) is 31.7 Å². The summed E-state index contributed by atoms with van der Waals surface area (Å²) in [6.07, 6.45) is 2.77. The average molecular weight is 314 g/mol. The lowest BCUT2D eigenvalue weighted by atomic mass is 10.0. The Hall–Kier alpha value is -0.590. The number of methoxy groups -OCH3 is 1. The van der Waals surface area contributed by atoms with Gasteiger partial charge in [0.15, 0.2) is 0 Å². The Kier molecular flexibility index (Phi) is 4.12. The lowest BCUT2D eigenvalue weighted by molar-refractivity contribution is -0.136. The van der Waals surface area contributed by atoms with Crippen LogP contribution in [0.4, 0.5) is 0 Å². The van der Waals surface area contributed by atoms with Crippen LogP contribution in [0.15, 0.2) is 22.2 Å². The van der Waals surface area contributed by atoms with E-state index < -0.39 is 21.6 Å². The number of allylic oxidation sites excluding steroid dienone is 3. The van der Waals surface area contributed by atoms with Crippen molar-refractivity contribution in [3.63, 3.8) is 0 Å². The molecule has 0 saturated heterocycles. The van der Waals surface area contributed by atoms with Crippen LogP contribution in [0.1, 0.15) is 0 Å². The summed E-state index contributed by atoms with van der Waals surface area (Å²) >= 11 is 8.90. The first-order valence-electron chi connectivity index (χ1n) is 3.74. The fraction of sp³-hybridized carbons (Fsp3) is 0.250. The van der Waals surface area contributed by atoms with Gasteiger partial charge in [0.25, 0.3) is 0 Å². The second-order valence-corrected chi connectivity index (χ2v) is 4.91. The van der Waals surface area contributed by atoms with E-state index in [1.807, 2.05) is 0 Å². The third kappa shape index (κ3) is 2.70. The first kappa shape index (κ1) is 12.5. The van der Waals surface area contributed by atoms with Gasteiger partial charge in [0, 0.05) is 4.48 Å². The van der Waals surface area contributed by atoms with Gasteiger partial charge in [-0.1, -0.05) is 15.9 Å². The molecule has 1 rings (SSSR count). The average Bonchev–Trinajstić information content (AvgIpc) is 2.19. The highest BCUT2D eigenvalue weighted by atomic mass is 79.9. The van der Waals surface area contributed by atoms with Crippen molar-refractivity contribution in [2.45, 2.75) is 5.38 Å². The van der Waals surface area contributed by atoms with Crippen molar-refractivity contribution in [1.29, 1.82) is 0 Å². The number of alkyl halides is 1. The zero-order chi connectivity index (χ0) is 11.6. The van der Waals surface area contributed by atoms with Gasteiger partial charge in [-0.05, 0) is 12.2 Å². The quantitative estimate of drug-likeness (QED) is 0.412. The Balaban J connectivity index is 3.29. The number of halogens is 2. The molecule has 0 amide bonds. The van der Waals surface area contributed by atoms with E-state index in [4.69, 9.17) is 11.6 Å². The Morgan fingerprint density at radius 3 is 2.60 bits per heavy atom. The van der Waals surface area contributed by atoms with Crippen LogP contribution in [-0.2, 0) is 19.8 Å². The number of rotatable bonds is 1. The van der Waals surface area contributed by atoms with Gasteiger partial charge in [0.05, 0.1) is 17.5 Å². The minimum atomic E-state index is -2.46. The minimum absolute atomic E-state index is 0.0635. The molecular formula is C8H6BrClO4S. The molecule has 7 heteroatoms. The van der Waals surface area contributed by atoms with Crippen molar-refractivity contribution in [2.24, 2.45) is 0 Å². The first-order chi connectivity index (χ1) is 6.97. The van der Waals surface area contributed by atoms with E-state index in [0.717, 1.165) is 0 Å². The predicted molar refractivity (Wildman–Crippen MR) is 60.7 cm³/mol. The lowest BCUT2D eigenvalue weighted by Gasteiger charge is -2.14. The predicted octanol–water partition coefficient (Wildman–Crippen LogP) is 1.04. The second kappa shape index (κ2) is 4.96. The van der Waals surface area contributed by atoms with Crippen LogP contribution in [0, 0.1) is 0 Å². The fourth-order valence-electron chi connectivity index (χ4n) is 1.04. The summed E-state index contributed by atoms with van der Waals surface area (Å²) in [4.78, 5) is 11.2. The molecular weight excluding hydrogens is 308 g/mol. The summed E-state index contributed by atoms with van der Waals surface area (Å²) in [7, 11) is -1.26. The fourth-order valence-corrected chi connectivity index (χ4v) is 2.64. The lowest BCUT2D eigenvalue weighted by Crippen LogP contribution is -2.25. The number of carbonyl (C=O) groups is 1. The number of hydrogen-bond donors (Lipinski definition) is 0. The Morgan fingerprint density at radius 2 is 2.13 bits per heavy atom. The van der Waals surface area contributed by atoms with Gasteiger partial charge in [-0.15, -0.1) is 11.6 Å². The van der Waals surface area contributed by atoms with Crippen molar-refractivity contribution in [3.8, 4) is 0 Å². The van der Waals surface area contributed by atoms with Gasteiger partial charge in [0.2, 0.25) is 10.3 Å². The Labute approximate surface area is 101 Å². The molecule has 0 aromatic carbocycles. The van der Waals surface area contributed by atoms with E-state index in [1.54, 1.807) is 0 Å². The van der Waals surface area contributed by atoms with E-state index >= 15 is 0 Å². The molecule has 1 aliphatic rings. The topological polar surface area (TPSA) is 60.4 Å². The molecule has 1 atom stereocenters. The molecule has 0 aromatic heterocycles. The van der Waals surface area contributed by atoms with E-state index in [-0.39, 0.29) is 10.4 Å². The summed E-state index contributed by atoms with van der Waals surface area (Å²) in [5, 5.41) is -1.00. The molecule has 0 saturated carbocycles. The van der Waals surface area contributed by atoms with Crippen LogP contribution >= 0.6 is 27.5 Å². The van der Waals surface area contributed by atoms with Crippen LogP contribution in [0.2, 0.25) is 0 Å². The summed E-state index contributed by atoms with van der Waals surface area (Å²) in [5.74, 6) is -0.650. The SMILES string of the molecule is COC(=O)C1=CC(Br)=CC(=S(=O)=O)C1Cl. The van der Waals surface area contributed by atoms with E-state index in [2.05, 4.69) is 20.7 Å². The maximum Gasteiger partial charge on any atom is 0.335 e. The molecule has 0 bridgehead atoms. The Bertz CT molecular complexity index is 481. The summed E-state index contributed by atoms with van der Waals surface area (Å²) < 4.78 is 26.5. The number of ether oxygens (including phenoxy) is 1. The number of hydrogen-bond acceptors (Lipinski definition) is 4. The van der Waals surface area contributed by atoms with Crippen molar-refractivity contribution in [1.82, 2.24) is 0 Å². The Morgan fingerprint density at radius 1 is 1.53 bits per heavy atom. The first-order valence-corrected chi connectivity index (χ1v) is 6.05. The molecule has 15 heavy (non-hydrogen) atoms. The number of carbonyl (C=O) groups excluding carboxylic acids is 1. The largest absolute Gasteiger partial charge is 0.466 e. The molecule has 0 spiro atoms. The van der Waals surface area contributed by atoms with Crippen LogP contribution in [0.3, 0.4) is 0 Å². The molecule has 0 heterocycles. The second-order valence-electron chi connectivity index (χ2n) is 2.62. The highest BCUT2D eigenvalue weighted by Crippen LogP contribution is 2.24. The smallest absolute Gasteiger partial charge is 0.335 e. The van der Waals surface area contributed by atoms with Gasteiger partial charge in [-0.2, -0.15) is 8.42 Å². The molecule has 0 aliphatic heterocycles. The van der Waals surface area contributed by atoms with E-state index in [0.29, 0.717) is 4.48 Å². The summed E-state index contributed by atoms with van der Waals surface area (Å²) in [6.45, 7) is 0. The standard InChI is InChI=1S/C8H6BrClO4S/c1-14-8(11)5-2-4(9)3-6(7(5)10)15(12)13/h2-3,7H,1H3. The van der Waals surface area contributed by atoms with Crippen LogP contribution in [0.25, 0.3) is 0 Å². The van der Waals surface area contributed by atoms with E-state index in [1.165, 1.54) is 19.3 Å². The third-order valence-corrected chi connectivity index (χ3v) is 3.51. The zero-order valence-electron chi connectivity index (χ0n) is 7.53. The highest BCUT2D eigenvalue weighted by Gasteiger charge is 2.27. The van der Waals surface area contributed by atoms with Gasteiger partial charge in [-0.3, -0.25) is 0 Å². The molecule has 1 aliphatic carbocycles. The monoisotopic (exact) mass is 312 g/mol. The molecule has 82 valence electrons. The molecule has 0 aromatic rings. The number of esters is 1. The molecule has 4 nitrogen and oxygen atoms in total. The maximum atomic E-state index is 11.3. The van der Waals surface area contributed by atoms with Gasteiger partial charge >= 0.3 is 5.97 Å². The van der Waals surface area contributed by atoms with E-state index in [9.17, 15) is 13.2 Å². The van der Waals surface area contributed by atoms with Gasteiger partial charge in [0.1, 0.15) is 5.38 Å². The van der Waals surface area contributed by atoms with Crippen molar-refractivity contribution < 1.29 is 17.9 Å². The van der Waals surface area contributed by atoms with Crippen molar-refractivity contribution in [2.75, 3.05) is 7.11 Å². The summed E-state index contributed by atoms with van der Waals surface area (Å²) in [5.41, 5.74) is 0.0905. The highest BCUT2D eigenvalue weighted by molar-refractivity contribution is 9.11. The van der Waals surface area contributed by atoms with Crippen molar-refractivity contribution >= 4 is 48.7 Å². The van der Waals surface area contributed by atoms with Gasteiger partial charge in [-0.25, -0.2) is 4.79 Å². The minimum Gasteiger partial charge on any atom is -0.466 e. The maximum absolute atomic E-state index is 11.3. The van der Waals surface area contributed by atoms with Gasteiger partial charge < -0.3 is 4.74 Å². The molecule has 1 unspecified atom stereocenters. The molecule has 0 radical (unpaired) electrons. The van der Waals surface area contributed by atoms with Crippen LogP contribution in [0.5, 0.6) is 0 Å². The zero-order valence-corrected chi connectivity index (χ0v) is 10.7. The van der Waals surface area contributed by atoms with Crippen LogP contribution < -0.4 is 0 Å². The molecule has 0 fully saturated rings. The summed E-state index contributed by atoms with van der Waals surface area (Å²) in [6, 6.07) is 0. The molecule has 0 N–H and O–H groups in total. The van der Waals surface area contributed by atoms with Crippen molar-refractivity contribution in [3.05, 3.63) is 22.2 Å².